The third-order valence-corrected chi connectivity index (χ3v) is 3.14. The van der Waals surface area contributed by atoms with E-state index in [1.807, 2.05) is 29.1 Å². The summed E-state index contributed by atoms with van der Waals surface area (Å²) in [7, 11) is 0. The minimum atomic E-state index is 0.362. The summed E-state index contributed by atoms with van der Waals surface area (Å²) in [4.78, 5) is 0. The molecule has 1 atom stereocenters. The molecule has 4 heteroatoms. The lowest BCUT2D eigenvalue weighted by atomic mass is 10.0. The molecular weight excluding hydrogens is 240 g/mol. The SMILES string of the molecule is SCC(Cn1cc(Cl)cn1)c1ccccc1. The van der Waals surface area contributed by atoms with E-state index >= 15 is 0 Å². The largest absolute Gasteiger partial charge is 0.271 e. The van der Waals surface area contributed by atoms with Gasteiger partial charge in [-0.25, -0.2) is 0 Å². The van der Waals surface area contributed by atoms with E-state index in [1.165, 1.54) is 5.56 Å². The molecule has 0 saturated carbocycles. The number of rotatable bonds is 4. The van der Waals surface area contributed by atoms with Gasteiger partial charge in [-0.15, -0.1) is 0 Å². The van der Waals surface area contributed by atoms with Gasteiger partial charge in [-0.05, 0) is 11.3 Å². The summed E-state index contributed by atoms with van der Waals surface area (Å²) in [5.41, 5.74) is 1.28. The van der Waals surface area contributed by atoms with Crippen LogP contribution in [0.5, 0.6) is 0 Å². The van der Waals surface area contributed by atoms with E-state index in [2.05, 4.69) is 29.9 Å². The van der Waals surface area contributed by atoms with Crippen molar-refractivity contribution in [2.75, 3.05) is 5.75 Å². The third-order valence-electron chi connectivity index (χ3n) is 2.50. The maximum absolute atomic E-state index is 5.83. The number of hydrogen-bond acceptors (Lipinski definition) is 2. The van der Waals surface area contributed by atoms with Gasteiger partial charge in [-0.1, -0.05) is 41.9 Å². The smallest absolute Gasteiger partial charge is 0.0785 e. The van der Waals surface area contributed by atoms with Gasteiger partial charge in [-0.3, -0.25) is 4.68 Å². The molecule has 1 heterocycles. The normalized spacial score (nSPS) is 12.6. The second kappa shape index (κ2) is 5.41. The summed E-state index contributed by atoms with van der Waals surface area (Å²) < 4.78 is 1.86. The van der Waals surface area contributed by atoms with Gasteiger partial charge >= 0.3 is 0 Å². The molecule has 0 radical (unpaired) electrons. The van der Waals surface area contributed by atoms with Gasteiger partial charge in [0.05, 0.1) is 11.2 Å². The van der Waals surface area contributed by atoms with Crippen LogP contribution in [-0.4, -0.2) is 15.5 Å². The third kappa shape index (κ3) is 2.80. The Morgan fingerprint density at radius 1 is 1.31 bits per heavy atom. The van der Waals surface area contributed by atoms with Crippen molar-refractivity contribution in [3.8, 4) is 0 Å². The highest BCUT2D eigenvalue weighted by molar-refractivity contribution is 7.80. The summed E-state index contributed by atoms with van der Waals surface area (Å²) in [6, 6.07) is 10.3. The van der Waals surface area contributed by atoms with Crippen LogP contribution < -0.4 is 0 Å². The monoisotopic (exact) mass is 252 g/mol. The van der Waals surface area contributed by atoms with Crippen molar-refractivity contribution in [1.82, 2.24) is 9.78 Å². The fourth-order valence-corrected chi connectivity index (χ4v) is 2.14. The van der Waals surface area contributed by atoms with Crippen LogP contribution >= 0.6 is 24.2 Å². The summed E-state index contributed by atoms with van der Waals surface area (Å²) >= 11 is 10.2. The number of hydrogen-bond donors (Lipinski definition) is 1. The van der Waals surface area contributed by atoms with E-state index < -0.39 is 0 Å². The molecule has 0 aliphatic heterocycles. The van der Waals surface area contributed by atoms with Crippen molar-refractivity contribution in [2.24, 2.45) is 0 Å². The number of halogens is 1. The van der Waals surface area contributed by atoms with Gasteiger partial charge in [0.2, 0.25) is 0 Å². The Morgan fingerprint density at radius 2 is 2.06 bits per heavy atom. The van der Waals surface area contributed by atoms with Crippen molar-refractivity contribution in [1.29, 1.82) is 0 Å². The fourth-order valence-electron chi connectivity index (χ4n) is 1.66. The Kier molecular flexibility index (Phi) is 3.91. The van der Waals surface area contributed by atoms with Crippen molar-refractivity contribution >= 4 is 24.2 Å². The van der Waals surface area contributed by atoms with Crippen LogP contribution in [0.15, 0.2) is 42.7 Å². The average molecular weight is 253 g/mol. The minimum absolute atomic E-state index is 0.362. The minimum Gasteiger partial charge on any atom is -0.271 e. The zero-order valence-electron chi connectivity index (χ0n) is 8.75. The maximum Gasteiger partial charge on any atom is 0.0785 e. The standard InChI is InChI=1S/C12H13ClN2S/c13-12-6-14-15(8-12)7-11(9-16)10-4-2-1-3-5-10/h1-6,8,11,16H,7,9H2. The van der Waals surface area contributed by atoms with E-state index in [0.717, 1.165) is 12.3 Å². The lowest BCUT2D eigenvalue weighted by Gasteiger charge is -2.14. The number of benzene rings is 1. The molecule has 0 spiro atoms. The van der Waals surface area contributed by atoms with Gasteiger partial charge in [0.25, 0.3) is 0 Å². The average Bonchev–Trinajstić information content (AvgIpc) is 2.73. The molecule has 0 fully saturated rings. The first kappa shape index (κ1) is 11.6. The first-order valence-electron chi connectivity index (χ1n) is 5.13. The molecule has 0 aliphatic rings. The Hall–Kier alpha value is -0.930. The molecule has 1 aromatic carbocycles. The van der Waals surface area contributed by atoms with E-state index in [1.54, 1.807) is 6.20 Å². The van der Waals surface area contributed by atoms with Crippen LogP contribution in [0.25, 0.3) is 0 Å². The Bertz CT molecular complexity index is 441. The topological polar surface area (TPSA) is 17.8 Å². The van der Waals surface area contributed by atoms with Crippen LogP contribution in [0.3, 0.4) is 0 Å². The van der Waals surface area contributed by atoms with Crippen molar-refractivity contribution in [3.63, 3.8) is 0 Å². The van der Waals surface area contributed by atoms with E-state index in [0.29, 0.717) is 10.9 Å². The summed E-state index contributed by atoms with van der Waals surface area (Å²) in [5.74, 6) is 1.15. The number of nitrogens with zero attached hydrogens (tertiary/aromatic N) is 2. The molecule has 0 bridgehead atoms. The maximum atomic E-state index is 5.83. The lowest BCUT2D eigenvalue weighted by molar-refractivity contribution is 0.549. The highest BCUT2D eigenvalue weighted by atomic mass is 35.5. The van der Waals surface area contributed by atoms with Gasteiger partial charge < -0.3 is 0 Å². The second-order valence-electron chi connectivity index (χ2n) is 3.67. The van der Waals surface area contributed by atoms with Gasteiger partial charge in [0.1, 0.15) is 0 Å². The van der Waals surface area contributed by atoms with Gasteiger partial charge in [0, 0.05) is 18.7 Å². The first-order chi connectivity index (χ1) is 7.79. The molecule has 84 valence electrons. The van der Waals surface area contributed by atoms with Crippen LogP contribution in [-0.2, 0) is 6.54 Å². The molecule has 2 aromatic rings. The summed E-state index contributed by atoms with van der Waals surface area (Å²) in [6.45, 7) is 0.806. The summed E-state index contributed by atoms with van der Waals surface area (Å²) in [6.07, 6.45) is 3.49. The highest BCUT2D eigenvalue weighted by Crippen LogP contribution is 2.19. The molecular formula is C12H13ClN2S. The van der Waals surface area contributed by atoms with Crippen LogP contribution in [0.2, 0.25) is 5.02 Å². The van der Waals surface area contributed by atoms with E-state index in [9.17, 15) is 0 Å². The Labute approximate surface area is 106 Å². The molecule has 2 nitrogen and oxygen atoms in total. The summed E-state index contributed by atoms with van der Waals surface area (Å²) in [5, 5.41) is 4.85. The number of aromatic nitrogens is 2. The Balaban J connectivity index is 2.12. The van der Waals surface area contributed by atoms with Crippen molar-refractivity contribution in [3.05, 3.63) is 53.3 Å². The zero-order chi connectivity index (χ0) is 11.4. The molecule has 0 saturated heterocycles. The number of thiol groups is 1. The first-order valence-corrected chi connectivity index (χ1v) is 6.14. The van der Waals surface area contributed by atoms with E-state index in [-0.39, 0.29) is 0 Å². The molecule has 1 aromatic heterocycles. The van der Waals surface area contributed by atoms with Crippen LogP contribution in [0.4, 0.5) is 0 Å². The second-order valence-corrected chi connectivity index (χ2v) is 4.47. The predicted molar refractivity (Wildman–Crippen MR) is 70.3 cm³/mol. The van der Waals surface area contributed by atoms with Crippen molar-refractivity contribution < 1.29 is 0 Å². The van der Waals surface area contributed by atoms with Gasteiger partial charge in [-0.2, -0.15) is 17.7 Å². The fraction of sp³-hybridized carbons (Fsp3) is 0.250. The lowest BCUT2D eigenvalue weighted by Crippen LogP contribution is -2.11. The molecule has 16 heavy (non-hydrogen) atoms. The molecule has 0 N–H and O–H groups in total. The molecule has 2 rings (SSSR count). The van der Waals surface area contributed by atoms with Gasteiger partial charge in [0.15, 0.2) is 0 Å². The zero-order valence-corrected chi connectivity index (χ0v) is 10.4. The Morgan fingerprint density at radius 3 is 2.62 bits per heavy atom. The molecule has 1 unspecified atom stereocenters. The van der Waals surface area contributed by atoms with Crippen molar-refractivity contribution in [2.45, 2.75) is 12.5 Å². The molecule has 0 amide bonds. The molecule has 0 aliphatic carbocycles. The van der Waals surface area contributed by atoms with Crippen LogP contribution in [0, 0.1) is 0 Å². The van der Waals surface area contributed by atoms with Crippen LogP contribution in [0.1, 0.15) is 11.5 Å². The highest BCUT2D eigenvalue weighted by Gasteiger charge is 2.10. The van der Waals surface area contributed by atoms with E-state index in [4.69, 9.17) is 11.6 Å². The quantitative estimate of drug-likeness (QED) is 0.827. The predicted octanol–water partition coefficient (Wildman–Crippen LogP) is 3.25.